The summed E-state index contributed by atoms with van der Waals surface area (Å²) < 4.78 is 0. The molecule has 126 valence electrons. The fraction of sp³-hybridized carbons (Fsp3) is 0.368. The number of aromatic amines is 1. The second-order valence-electron chi connectivity index (χ2n) is 6.50. The van der Waals surface area contributed by atoms with E-state index in [0.29, 0.717) is 5.92 Å². The standard InChI is InChI=1S/C19H25N5/c1-12(2)9-17(20-3)19-23-15-6-5-13(10-16(15)24-19)14-7-8-22-18(11-14)21-4/h5-8,10-12,17,20H,9H2,1-4H3,(H,21,22)(H,23,24)/t17-/m1/s1. The first kappa shape index (κ1) is 16.5. The van der Waals surface area contributed by atoms with Gasteiger partial charge in [-0.1, -0.05) is 19.9 Å². The van der Waals surface area contributed by atoms with Crippen molar-refractivity contribution >= 4 is 16.9 Å². The number of imidazole rings is 1. The molecule has 1 atom stereocenters. The van der Waals surface area contributed by atoms with Crippen molar-refractivity contribution < 1.29 is 0 Å². The average molecular weight is 323 g/mol. The minimum absolute atomic E-state index is 0.248. The smallest absolute Gasteiger partial charge is 0.126 e. The van der Waals surface area contributed by atoms with E-state index in [1.807, 2.05) is 32.4 Å². The molecule has 2 aromatic heterocycles. The molecule has 2 heterocycles. The largest absolute Gasteiger partial charge is 0.373 e. The van der Waals surface area contributed by atoms with Crippen molar-refractivity contribution in [3.63, 3.8) is 0 Å². The van der Waals surface area contributed by atoms with Crippen LogP contribution >= 0.6 is 0 Å². The Hall–Kier alpha value is -2.40. The van der Waals surface area contributed by atoms with E-state index in [1.165, 1.54) is 0 Å². The summed E-state index contributed by atoms with van der Waals surface area (Å²) in [5.41, 5.74) is 4.36. The average Bonchev–Trinajstić information content (AvgIpc) is 3.02. The van der Waals surface area contributed by atoms with Crippen molar-refractivity contribution in [3.05, 3.63) is 42.4 Å². The highest BCUT2D eigenvalue weighted by molar-refractivity contribution is 5.82. The van der Waals surface area contributed by atoms with E-state index in [9.17, 15) is 0 Å². The summed E-state index contributed by atoms with van der Waals surface area (Å²) in [5, 5.41) is 6.44. The molecule has 0 fully saturated rings. The molecule has 0 aliphatic rings. The van der Waals surface area contributed by atoms with E-state index in [0.717, 1.165) is 40.2 Å². The number of aromatic nitrogens is 3. The first-order chi connectivity index (χ1) is 11.6. The molecule has 0 aliphatic heterocycles. The van der Waals surface area contributed by atoms with E-state index < -0.39 is 0 Å². The maximum Gasteiger partial charge on any atom is 0.126 e. The molecule has 0 saturated carbocycles. The van der Waals surface area contributed by atoms with Crippen molar-refractivity contribution in [3.8, 4) is 11.1 Å². The van der Waals surface area contributed by atoms with Crippen LogP contribution in [0.3, 0.4) is 0 Å². The third kappa shape index (κ3) is 3.41. The number of hydrogen-bond donors (Lipinski definition) is 3. The van der Waals surface area contributed by atoms with E-state index in [4.69, 9.17) is 4.98 Å². The van der Waals surface area contributed by atoms with Gasteiger partial charge >= 0.3 is 0 Å². The number of nitrogens with one attached hydrogen (secondary N) is 3. The van der Waals surface area contributed by atoms with Crippen LogP contribution in [-0.4, -0.2) is 29.0 Å². The molecule has 3 rings (SSSR count). The maximum absolute atomic E-state index is 4.76. The van der Waals surface area contributed by atoms with Crippen molar-refractivity contribution in [2.75, 3.05) is 19.4 Å². The number of benzene rings is 1. The van der Waals surface area contributed by atoms with Crippen molar-refractivity contribution in [2.24, 2.45) is 5.92 Å². The summed E-state index contributed by atoms with van der Waals surface area (Å²) in [5.74, 6) is 2.48. The molecule has 1 aromatic carbocycles. The van der Waals surface area contributed by atoms with Crippen molar-refractivity contribution in [1.29, 1.82) is 0 Å². The second kappa shape index (κ2) is 7.01. The van der Waals surface area contributed by atoms with Gasteiger partial charge in [-0.15, -0.1) is 0 Å². The van der Waals surface area contributed by atoms with Crippen LogP contribution < -0.4 is 10.6 Å². The van der Waals surface area contributed by atoms with E-state index in [2.05, 4.69) is 52.6 Å². The van der Waals surface area contributed by atoms with Gasteiger partial charge in [0.1, 0.15) is 11.6 Å². The molecule has 0 amide bonds. The highest BCUT2D eigenvalue weighted by atomic mass is 15.0. The molecule has 0 radical (unpaired) electrons. The summed E-state index contributed by atoms with van der Waals surface area (Å²) in [6, 6.07) is 10.7. The number of H-pyrrole nitrogens is 1. The molecule has 0 aliphatic carbocycles. The van der Waals surface area contributed by atoms with Gasteiger partial charge in [-0.25, -0.2) is 9.97 Å². The fourth-order valence-corrected chi connectivity index (χ4v) is 2.96. The molecule has 5 nitrogen and oxygen atoms in total. The lowest BCUT2D eigenvalue weighted by Gasteiger charge is -2.15. The Kier molecular flexibility index (Phi) is 4.81. The molecular formula is C19H25N5. The molecule has 0 bridgehead atoms. The number of fused-ring (bicyclic) bond motifs is 1. The molecule has 0 saturated heterocycles. The van der Waals surface area contributed by atoms with Gasteiger partial charge in [0.15, 0.2) is 0 Å². The molecule has 3 N–H and O–H groups in total. The Morgan fingerprint density at radius 2 is 1.88 bits per heavy atom. The number of nitrogens with zero attached hydrogens (tertiary/aromatic N) is 2. The summed E-state index contributed by atoms with van der Waals surface area (Å²) in [6.45, 7) is 4.46. The van der Waals surface area contributed by atoms with Crippen LogP contribution in [0.1, 0.15) is 32.1 Å². The fourth-order valence-electron chi connectivity index (χ4n) is 2.96. The molecule has 24 heavy (non-hydrogen) atoms. The predicted molar refractivity (Wildman–Crippen MR) is 100 cm³/mol. The van der Waals surface area contributed by atoms with E-state index >= 15 is 0 Å². The van der Waals surface area contributed by atoms with Crippen LogP contribution in [0, 0.1) is 5.92 Å². The minimum Gasteiger partial charge on any atom is -0.373 e. The number of anilines is 1. The van der Waals surface area contributed by atoms with Gasteiger partial charge in [0.05, 0.1) is 17.1 Å². The van der Waals surface area contributed by atoms with Crippen LogP contribution in [-0.2, 0) is 0 Å². The van der Waals surface area contributed by atoms with Crippen LogP contribution in [0.4, 0.5) is 5.82 Å². The highest BCUT2D eigenvalue weighted by Gasteiger charge is 2.15. The van der Waals surface area contributed by atoms with Crippen LogP contribution in [0.2, 0.25) is 0 Å². The topological polar surface area (TPSA) is 65.6 Å². The van der Waals surface area contributed by atoms with Gasteiger partial charge in [-0.3, -0.25) is 0 Å². The van der Waals surface area contributed by atoms with E-state index in [-0.39, 0.29) is 6.04 Å². The molecule has 5 heteroatoms. The Bertz CT molecular complexity index is 821. The lowest BCUT2D eigenvalue weighted by Crippen LogP contribution is -2.19. The Morgan fingerprint density at radius 3 is 2.58 bits per heavy atom. The lowest BCUT2D eigenvalue weighted by molar-refractivity contribution is 0.443. The monoisotopic (exact) mass is 323 g/mol. The summed E-state index contributed by atoms with van der Waals surface area (Å²) in [4.78, 5) is 12.5. The van der Waals surface area contributed by atoms with Crippen molar-refractivity contribution in [2.45, 2.75) is 26.3 Å². The number of rotatable bonds is 6. The highest BCUT2D eigenvalue weighted by Crippen LogP contribution is 2.27. The van der Waals surface area contributed by atoms with E-state index in [1.54, 1.807) is 0 Å². The maximum atomic E-state index is 4.76. The Balaban J connectivity index is 1.96. The van der Waals surface area contributed by atoms with Crippen LogP contribution in [0.5, 0.6) is 0 Å². The van der Waals surface area contributed by atoms with Gasteiger partial charge in [0, 0.05) is 13.2 Å². The zero-order valence-corrected chi connectivity index (χ0v) is 14.7. The first-order valence-corrected chi connectivity index (χ1v) is 8.41. The summed E-state index contributed by atoms with van der Waals surface area (Å²) in [7, 11) is 3.87. The van der Waals surface area contributed by atoms with Gasteiger partial charge in [-0.05, 0) is 54.8 Å². The summed E-state index contributed by atoms with van der Waals surface area (Å²) >= 11 is 0. The zero-order valence-electron chi connectivity index (χ0n) is 14.7. The van der Waals surface area contributed by atoms with Crippen LogP contribution in [0.25, 0.3) is 22.2 Å². The lowest BCUT2D eigenvalue weighted by atomic mass is 10.0. The third-order valence-electron chi connectivity index (χ3n) is 4.24. The van der Waals surface area contributed by atoms with Gasteiger partial charge in [0.25, 0.3) is 0 Å². The third-order valence-corrected chi connectivity index (χ3v) is 4.24. The van der Waals surface area contributed by atoms with Gasteiger partial charge in [-0.2, -0.15) is 0 Å². The van der Waals surface area contributed by atoms with Gasteiger partial charge < -0.3 is 15.6 Å². The van der Waals surface area contributed by atoms with Crippen molar-refractivity contribution in [1.82, 2.24) is 20.3 Å². The predicted octanol–water partition coefficient (Wildman–Crippen LogP) is 3.97. The SMILES string of the molecule is CNc1cc(-c2ccc3nc([C@@H](CC(C)C)NC)[nH]c3c2)ccn1. The number of hydrogen-bond acceptors (Lipinski definition) is 4. The second-order valence-corrected chi connectivity index (χ2v) is 6.50. The quantitative estimate of drug-likeness (QED) is 0.642. The summed E-state index contributed by atoms with van der Waals surface area (Å²) in [6.07, 6.45) is 2.88. The molecule has 3 aromatic rings. The molecule has 0 unspecified atom stereocenters. The van der Waals surface area contributed by atoms with Gasteiger partial charge in [0.2, 0.25) is 0 Å². The van der Waals surface area contributed by atoms with Crippen LogP contribution in [0.15, 0.2) is 36.5 Å². The normalized spacial score (nSPS) is 12.7. The Morgan fingerprint density at radius 1 is 1.08 bits per heavy atom. The molecular weight excluding hydrogens is 298 g/mol. The number of pyridine rings is 1. The first-order valence-electron chi connectivity index (χ1n) is 8.41. The zero-order chi connectivity index (χ0) is 17.1. The molecule has 0 spiro atoms. The Labute approximate surface area is 142 Å². The minimum atomic E-state index is 0.248.